The Labute approximate surface area is 89.4 Å². The molecule has 0 bridgehead atoms. The molecule has 0 atom stereocenters. The summed E-state index contributed by atoms with van der Waals surface area (Å²) in [4.78, 5) is 21.2. The Morgan fingerprint density at radius 1 is 1.23 bits per heavy atom. The van der Waals surface area contributed by atoms with Gasteiger partial charge in [0.15, 0.2) is 0 Å². The first kappa shape index (κ1) is 15.1. The summed E-state index contributed by atoms with van der Waals surface area (Å²) in [6, 6.07) is 0. The molecular formula is C9H16CoO3. The quantitative estimate of drug-likeness (QED) is 0.397. The van der Waals surface area contributed by atoms with E-state index in [0.29, 0.717) is 6.61 Å². The summed E-state index contributed by atoms with van der Waals surface area (Å²) in [5.41, 5.74) is 0. The van der Waals surface area contributed by atoms with Crippen molar-refractivity contribution in [2.75, 3.05) is 6.61 Å². The molecule has 4 heteroatoms. The van der Waals surface area contributed by atoms with Gasteiger partial charge in [0.1, 0.15) is 12.2 Å². The molecule has 0 saturated heterocycles. The second-order valence-corrected chi connectivity index (χ2v) is 2.81. The standard InChI is InChI=1S/C9H16O3.Co/c1-3-4-5-6-12-9(11)7-8(2)10;/h3-7H2,1-2H3;. The van der Waals surface area contributed by atoms with Crippen molar-refractivity contribution in [1.29, 1.82) is 0 Å². The summed E-state index contributed by atoms with van der Waals surface area (Å²) in [5.74, 6) is -0.547. The van der Waals surface area contributed by atoms with Gasteiger partial charge in [-0.15, -0.1) is 0 Å². The van der Waals surface area contributed by atoms with Gasteiger partial charge in [-0.25, -0.2) is 0 Å². The van der Waals surface area contributed by atoms with Crippen LogP contribution in [-0.4, -0.2) is 18.4 Å². The third-order valence-electron chi connectivity index (χ3n) is 1.40. The Hall–Kier alpha value is -0.354. The normalized spacial score (nSPS) is 8.77. The van der Waals surface area contributed by atoms with Crippen LogP contribution in [0.2, 0.25) is 0 Å². The number of carbonyl (C=O) groups excluding carboxylic acids is 2. The number of carbonyl (C=O) groups is 2. The summed E-state index contributed by atoms with van der Waals surface area (Å²) in [5, 5.41) is 0. The summed E-state index contributed by atoms with van der Waals surface area (Å²) >= 11 is 0. The van der Waals surface area contributed by atoms with Crippen molar-refractivity contribution in [3.05, 3.63) is 0 Å². The topological polar surface area (TPSA) is 43.4 Å². The fourth-order valence-corrected chi connectivity index (χ4v) is 0.792. The molecule has 0 aliphatic heterocycles. The van der Waals surface area contributed by atoms with E-state index in [2.05, 4.69) is 6.92 Å². The van der Waals surface area contributed by atoms with E-state index in [1.165, 1.54) is 6.92 Å². The molecule has 0 N–H and O–H groups in total. The van der Waals surface area contributed by atoms with E-state index < -0.39 is 5.97 Å². The van der Waals surface area contributed by atoms with Crippen molar-refractivity contribution < 1.29 is 31.1 Å². The summed E-state index contributed by atoms with van der Waals surface area (Å²) in [6.07, 6.45) is 2.96. The van der Waals surface area contributed by atoms with Crippen molar-refractivity contribution in [2.45, 2.75) is 39.5 Å². The molecular weight excluding hydrogens is 215 g/mol. The van der Waals surface area contributed by atoms with Crippen LogP contribution in [0.5, 0.6) is 0 Å². The third-order valence-corrected chi connectivity index (χ3v) is 1.40. The number of Topliss-reactive ketones (excluding diaryl/α,β-unsaturated/α-hetero) is 1. The van der Waals surface area contributed by atoms with Gasteiger partial charge in [-0.2, -0.15) is 0 Å². The minimum Gasteiger partial charge on any atom is -0.465 e. The predicted octanol–water partition coefficient (Wildman–Crippen LogP) is 1.70. The first-order chi connectivity index (χ1) is 5.66. The molecule has 0 heterocycles. The largest absolute Gasteiger partial charge is 0.465 e. The van der Waals surface area contributed by atoms with E-state index in [1.54, 1.807) is 0 Å². The summed E-state index contributed by atoms with van der Waals surface area (Å²) in [7, 11) is 0. The van der Waals surface area contributed by atoms with Crippen molar-refractivity contribution in [1.82, 2.24) is 0 Å². The molecule has 0 saturated carbocycles. The van der Waals surface area contributed by atoms with E-state index in [1.807, 2.05) is 0 Å². The number of unbranched alkanes of at least 4 members (excludes halogenated alkanes) is 2. The van der Waals surface area contributed by atoms with Gasteiger partial charge in [0.05, 0.1) is 6.61 Å². The first-order valence-corrected chi connectivity index (χ1v) is 4.32. The van der Waals surface area contributed by atoms with Crippen molar-refractivity contribution in [3.63, 3.8) is 0 Å². The molecule has 0 aliphatic rings. The molecule has 0 spiro atoms. The Balaban J connectivity index is 0. The Morgan fingerprint density at radius 2 is 1.85 bits per heavy atom. The van der Waals surface area contributed by atoms with Crippen molar-refractivity contribution >= 4 is 11.8 Å². The van der Waals surface area contributed by atoms with Crippen LogP contribution in [0.4, 0.5) is 0 Å². The number of ether oxygens (including phenoxy) is 1. The zero-order chi connectivity index (χ0) is 9.40. The van der Waals surface area contributed by atoms with Crippen LogP contribution < -0.4 is 0 Å². The van der Waals surface area contributed by atoms with Gasteiger partial charge in [0.2, 0.25) is 0 Å². The maximum atomic E-state index is 10.8. The van der Waals surface area contributed by atoms with Gasteiger partial charge < -0.3 is 4.74 Å². The van der Waals surface area contributed by atoms with Crippen LogP contribution in [0.25, 0.3) is 0 Å². The molecule has 0 fully saturated rings. The van der Waals surface area contributed by atoms with Crippen molar-refractivity contribution in [3.8, 4) is 0 Å². The maximum absolute atomic E-state index is 10.8. The third kappa shape index (κ3) is 11.6. The average Bonchev–Trinajstić information content (AvgIpc) is 1.97. The van der Waals surface area contributed by atoms with Crippen LogP contribution in [-0.2, 0) is 31.1 Å². The van der Waals surface area contributed by atoms with E-state index in [9.17, 15) is 9.59 Å². The van der Waals surface area contributed by atoms with Crippen LogP contribution in [0.3, 0.4) is 0 Å². The molecule has 0 unspecified atom stereocenters. The van der Waals surface area contributed by atoms with Crippen LogP contribution in [0.1, 0.15) is 39.5 Å². The van der Waals surface area contributed by atoms with E-state index in [0.717, 1.165) is 19.3 Å². The number of rotatable bonds is 6. The number of ketones is 1. The van der Waals surface area contributed by atoms with Gasteiger partial charge >= 0.3 is 5.97 Å². The molecule has 0 rings (SSSR count). The molecule has 0 amide bonds. The molecule has 0 aromatic heterocycles. The van der Waals surface area contributed by atoms with Gasteiger partial charge in [-0.3, -0.25) is 9.59 Å². The average molecular weight is 231 g/mol. The zero-order valence-electron chi connectivity index (χ0n) is 8.09. The SMILES string of the molecule is CCCCCOC(=O)CC(C)=O.[Co]. The van der Waals surface area contributed by atoms with Gasteiger partial charge in [0, 0.05) is 16.8 Å². The van der Waals surface area contributed by atoms with Crippen LogP contribution in [0, 0.1) is 0 Å². The summed E-state index contributed by atoms with van der Waals surface area (Å²) in [6.45, 7) is 3.91. The molecule has 1 radical (unpaired) electrons. The molecule has 0 aromatic rings. The van der Waals surface area contributed by atoms with E-state index in [-0.39, 0.29) is 29.0 Å². The molecule has 0 aliphatic carbocycles. The fraction of sp³-hybridized carbons (Fsp3) is 0.778. The Morgan fingerprint density at radius 3 is 2.31 bits per heavy atom. The minimum atomic E-state index is -0.404. The molecule has 13 heavy (non-hydrogen) atoms. The number of hydrogen-bond donors (Lipinski definition) is 0. The predicted molar refractivity (Wildman–Crippen MR) is 45.8 cm³/mol. The van der Waals surface area contributed by atoms with Gasteiger partial charge in [-0.1, -0.05) is 19.8 Å². The van der Waals surface area contributed by atoms with Crippen LogP contribution >= 0.6 is 0 Å². The summed E-state index contributed by atoms with van der Waals surface area (Å²) < 4.78 is 4.80. The molecule has 79 valence electrons. The second-order valence-electron chi connectivity index (χ2n) is 2.81. The number of esters is 1. The number of hydrogen-bond acceptors (Lipinski definition) is 3. The fourth-order valence-electron chi connectivity index (χ4n) is 0.792. The second kappa shape index (κ2) is 9.73. The van der Waals surface area contributed by atoms with Gasteiger partial charge in [-0.05, 0) is 13.3 Å². The Bertz CT molecular complexity index is 157. The van der Waals surface area contributed by atoms with E-state index in [4.69, 9.17) is 4.74 Å². The zero-order valence-corrected chi connectivity index (χ0v) is 9.13. The minimum absolute atomic E-state index is 0. The monoisotopic (exact) mass is 231 g/mol. The Kier molecular flexibility index (Phi) is 11.3. The molecule has 0 aromatic carbocycles. The molecule has 3 nitrogen and oxygen atoms in total. The van der Waals surface area contributed by atoms with Gasteiger partial charge in [0.25, 0.3) is 0 Å². The van der Waals surface area contributed by atoms with Crippen LogP contribution in [0.15, 0.2) is 0 Å². The van der Waals surface area contributed by atoms with E-state index >= 15 is 0 Å². The first-order valence-electron chi connectivity index (χ1n) is 4.32. The maximum Gasteiger partial charge on any atom is 0.313 e. The smallest absolute Gasteiger partial charge is 0.313 e. The van der Waals surface area contributed by atoms with Crippen molar-refractivity contribution in [2.24, 2.45) is 0 Å².